The summed E-state index contributed by atoms with van der Waals surface area (Å²) in [7, 11) is 1.84. The number of nitrogens with one attached hydrogen (secondary N) is 1. The number of hydrogen-bond acceptors (Lipinski definition) is 2. The summed E-state index contributed by atoms with van der Waals surface area (Å²) < 4.78 is 0. The third-order valence-electron chi connectivity index (χ3n) is 1.25. The third kappa shape index (κ3) is 4.49. The van der Waals surface area contributed by atoms with E-state index in [1.807, 2.05) is 18.8 Å². The average Bonchev–Trinajstić information content (AvgIpc) is 1.88. The fraction of sp³-hybridized carbons (Fsp3) is 0.833. The zero-order valence-electron chi connectivity index (χ0n) is 6.55. The number of thioether (sulfide) groups is 1. The van der Waals surface area contributed by atoms with Gasteiger partial charge in [-0.2, -0.15) is 11.8 Å². The fourth-order valence-corrected chi connectivity index (χ4v) is 0.984. The van der Waals surface area contributed by atoms with Gasteiger partial charge >= 0.3 is 0 Å². The van der Waals surface area contributed by atoms with Crippen molar-refractivity contribution in [1.82, 2.24) is 4.90 Å². The minimum absolute atomic E-state index is 0.154. The number of hydrogen-bond donors (Lipinski definition) is 2. The molecule has 4 heteroatoms. The van der Waals surface area contributed by atoms with Gasteiger partial charge in [-0.1, -0.05) is 0 Å². The lowest BCUT2D eigenvalue weighted by Gasteiger charge is -2.15. The zero-order valence-corrected chi connectivity index (χ0v) is 7.37. The summed E-state index contributed by atoms with van der Waals surface area (Å²) in [5.74, 6) is 1.29. The van der Waals surface area contributed by atoms with E-state index in [0.717, 1.165) is 18.7 Å². The standard InChI is InChI=1S/C6H15N3S/c1-9(6(7)8)4-3-5-10-2/h3-5H2,1-2H3,(H3,7,8). The Morgan fingerprint density at radius 2 is 2.30 bits per heavy atom. The van der Waals surface area contributed by atoms with Gasteiger partial charge < -0.3 is 10.6 Å². The number of rotatable bonds is 4. The lowest BCUT2D eigenvalue weighted by Crippen LogP contribution is -2.33. The molecule has 0 aliphatic carbocycles. The van der Waals surface area contributed by atoms with E-state index in [1.165, 1.54) is 0 Å². The van der Waals surface area contributed by atoms with Crippen LogP contribution in [-0.4, -0.2) is 36.5 Å². The van der Waals surface area contributed by atoms with Crippen LogP contribution >= 0.6 is 11.8 Å². The molecule has 0 unspecified atom stereocenters. The highest BCUT2D eigenvalue weighted by molar-refractivity contribution is 7.98. The van der Waals surface area contributed by atoms with Crippen molar-refractivity contribution in [2.45, 2.75) is 6.42 Å². The predicted octanol–water partition coefficient (Wildman–Crippen LogP) is 0.565. The second-order valence-electron chi connectivity index (χ2n) is 2.15. The molecular formula is C6H15N3S. The molecule has 0 amide bonds. The Labute approximate surface area is 66.5 Å². The highest BCUT2D eigenvalue weighted by Gasteiger charge is 1.96. The maximum atomic E-state index is 7.03. The van der Waals surface area contributed by atoms with Gasteiger partial charge in [0.05, 0.1) is 0 Å². The number of guanidine groups is 1. The predicted molar refractivity (Wildman–Crippen MR) is 47.5 cm³/mol. The van der Waals surface area contributed by atoms with Gasteiger partial charge in [-0.05, 0) is 18.4 Å². The van der Waals surface area contributed by atoms with E-state index in [9.17, 15) is 0 Å². The van der Waals surface area contributed by atoms with E-state index in [-0.39, 0.29) is 5.96 Å². The highest BCUT2D eigenvalue weighted by atomic mass is 32.2. The Morgan fingerprint density at radius 1 is 1.70 bits per heavy atom. The van der Waals surface area contributed by atoms with Gasteiger partial charge in [-0.25, -0.2) is 0 Å². The van der Waals surface area contributed by atoms with Crippen LogP contribution in [0.2, 0.25) is 0 Å². The molecule has 0 aliphatic rings. The van der Waals surface area contributed by atoms with Gasteiger partial charge in [0.25, 0.3) is 0 Å². The van der Waals surface area contributed by atoms with Crippen LogP contribution in [0.3, 0.4) is 0 Å². The topological polar surface area (TPSA) is 53.1 Å². The SMILES string of the molecule is CSCCCN(C)C(=N)N. The van der Waals surface area contributed by atoms with Gasteiger partial charge in [0.1, 0.15) is 0 Å². The van der Waals surface area contributed by atoms with Crippen molar-refractivity contribution in [3.8, 4) is 0 Å². The molecule has 0 aromatic rings. The molecule has 10 heavy (non-hydrogen) atoms. The van der Waals surface area contributed by atoms with E-state index >= 15 is 0 Å². The first-order valence-electron chi connectivity index (χ1n) is 3.22. The van der Waals surface area contributed by atoms with Crippen LogP contribution in [0.4, 0.5) is 0 Å². The Balaban J connectivity index is 3.21. The lowest BCUT2D eigenvalue weighted by molar-refractivity contribution is 0.494. The molecule has 0 bridgehead atoms. The van der Waals surface area contributed by atoms with Gasteiger partial charge in [0.15, 0.2) is 5.96 Å². The first-order chi connectivity index (χ1) is 4.68. The summed E-state index contributed by atoms with van der Waals surface area (Å²) in [6, 6.07) is 0. The Bertz CT molecular complexity index is 105. The van der Waals surface area contributed by atoms with E-state index < -0.39 is 0 Å². The van der Waals surface area contributed by atoms with Crippen LogP contribution in [0.5, 0.6) is 0 Å². The molecule has 0 aliphatic heterocycles. The molecule has 0 aromatic heterocycles. The van der Waals surface area contributed by atoms with Crippen molar-refractivity contribution in [3.05, 3.63) is 0 Å². The minimum atomic E-state index is 0.154. The summed E-state index contributed by atoms with van der Waals surface area (Å²) in [6.07, 6.45) is 3.17. The van der Waals surface area contributed by atoms with Crippen molar-refractivity contribution in [2.24, 2.45) is 5.73 Å². The average molecular weight is 161 g/mol. The van der Waals surface area contributed by atoms with Crippen LogP contribution < -0.4 is 5.73 Å². The van der Waals surface area contributed by atoms with Crippen LogP contribution in [0.1, 0.15) is 6.42 Å². The van der Waals surface area contributed by atoms with Crippen molar-refractivity contribution < 1.29 is 0 Å². The molecule has 0 aromatic carbocycles. The van der Waals surface area contributed by atoms with Gasteiger partial charge in [-0.15, -0.1) is 0 Å². The number of nitrogens with two attached hydrogens (primary N) is 1. The summed E-state index contributed by atoms with van der Waals surface area (Å²) in [4.78, 5) is 1.75. The molecule has 3 nitrogen and oxygen atoms in total. The maximum Gasteiger partial charge on any atom is 0.188 e. The van der Waals surface area contributed by atoms with E-state index in [2.05, 4.69) is 6.26 Å². The van der Waals surface area contributed by atoms with Gasteiger partial charge in [-0.3, -0.25) is 5.41 Å². The normalized spacial score (nSPS) is 9.40. The molecule has 0 radical (unpaired) electrons. The molecule has 0 spiro atoms. The second-order valence-corrected chi connectivity index (χ2v) is 3.14. The fourth-order valence-electron chi connectivity index (χ4n) is 0.567. The third-order valence-corrected chi connectivity index (χ3v) is 1.95. The molecule has 60 valence electrons. The van der Waals surface area contributed by atoms with E-state index in [1.54, 1.807) is 4.90 Å². The van der Waals surface area contributed by atoms with Crippen LogP contribution in [-0.2, 0) is 0 Å². The van der Waals surface area contributed by atoms with Crippen molar-refractivity contribution in [2.75, 3.05) is 25.6 Å². The van der Waals surface area contributed by atoms with Crippen molar-refractivity contribution in [1.29, 1.82) is 5.41 Å². The molecule has 0 saturated carbocycles. The first kappa shape index (κ1) is 9.62. The quantitative estimate of drug-likeness (QED) is 0.360. The minimum Gasteiger partial charge on any atom is -0.370 e. The van der Waals surface area contributed by atoms with Crippen molar-refractivity contribution in [3.63, 3.8) is 0 Å². The number of nitrogens with zero attached hydrogens (tertiary/aromatic N) is 1. The van der Waals surface area contributed by atoms with Gasteiger partial charge in [0, 0.05) is 13.6 Å². The van der Waals surface area contributed by atoms with E-state index in [0.29, 0.717) is 0 Å². The smallest absolute Gasteiger partial charge is 0.188 e. The zero-order chi connectivity index (χ0) is 7.98. The molecule has 0 fully saturated rings. The van der Waals surface area contributed by atoms with Crippen LogP contribution in [0, 0.1) is 5.41 Å². The molecule has 0 atom stereocenters. The molecule has 0 heterocycles. The maximum absolute atomic E-state index is 7.03. The summed E-state index contributed by atoms with van der Waals surface area (Å²) in [5.41, 5.74) is 5.22. The summed E-state index contributed by atoms with van der Waals surface area (Å²) in [6.45, 7) is 0.885. The summed E-state index contributed by atoms with van der Waals surface area (Å²) >= 11 is 1.82. The lowest BCUT2D eigenvalue weighted by atomic mass is 10.4. The largest absolute Gasteiger partial charge is 0.370 e. The van der Waals surface area contributed by atoms with Crippen molar-refractivity contribution >= 4 is 17.7 Å². The molecule has 0 saturated heterocycles. The summed E-state index contributed by atoms with van der Waals surface area (Å²) in [5, 5.41) is 7.03. The Kier molecular flexibility index (Phi) is 5.20. The Morgan fingerprint density at radius 3 is 2.70 bits per heavy atom. The van der Waals surface area contributed by atoms with Gasteiger partial charge in [0.2, 0.25) is 0 Å². The Hall–Kier alpha value is -0.380. The van der Waals surface area contributed by atoms with Crippen LogP contribution in [0.25, 0.3) is 0 Å². The molecule has 3 N–H and O–H groups in total. The first-order valence-corrected chi connectivity index (χ1v) is 4.62. The van der Waals surface area contributed by atoms with Crippen LogP contribution in [0.15, 0.2) is 0 Å². The molecule has 0 rings (SSSR count). The molecular weight excluding hydrogens is 146 g/mol. The van der Waals surface area contributed by atoms with E-state index in [4.69, 9.17) is 11.1 Å². The second kappa shape index (κ2) is 5.41. The highest BCUT2D eigenvalue weighted by Crippen LogP contribution is 1.95. The monoisotopic (exact) mass is 161 g/mol.